The number of carboxylic acid groups (broad SMARTS) is 2. The van der Waals surface area contributed by atoms with Crippen LogP contribution in [0.15, 0.2) is 11.1 Å². The van der Waals surface area contributed by atoms with Gasteiger partial charge in [-0.3, -0.25) is 0 Å². The van der Waals surface area contributed by atoms with Crippen LogP contribution in [-0.2, 0) is 9.59 Å². The van der Waals surface area contributed by atoms with Crippen LogP contribution in [0.2, 0.25) is 0 Å². The third-order valence-electron chi connectivity index (χ3n) is 1.53. The number of aliphatic carboxylic acids is 2. The van der Waals surface area contributed by atoms with E-state index in [1.165, 1.54) is 6.92 Å². The summed E-state index contributed by atoms with van der Waals surface area (Å²) in [6.07, 6.45) is 0.930. The second-order valence-corrected chi connectivity index (χ2v) is 2.46. The van der Waals surface area contributed by atoms with Gasteiger partial charge in [0.05, 0.1) is 0 Å². The van der Waals surface area contributed by atoms with Crippen LogP contribution < -0.4 is 0 Å². The average Bonchev–Trinajstić information content (AvgIpc) is 1.98. The fourth-order valence-corrected chi connectivity index (χ4v) is 0.834. The predicted octanol–water partition coefficient (Wildman–Crippen LogP) is 1.27. The molecule has 0 aromatic carbocycles. The van der Waals surface area contributed by atoms with E-state index in [2.05, 4.69) is 0 Å². The Morgan fingerprint density at radius 2 is 1.67 bits per heavy atom. The summed E-state index contributed by atoms with van der Waals surface area (Å²) in [7, 11) is 0. The van der Waals surface area contributed by atoms with Gasteiger partial charge in [-0.05, 0) is 13.3 Å². The molecule has 4 nitrogen and oxygen atoms in total. The van der Waals surface area contributed by atoms with Crippen molar-refractivity contribution in [1.29, 1.82) is 0 Å². The van der Waals surface area contributed by atoms with Crippen LogP contribution in [0.3, 0.4) is 0 Å². The highest BCUT2D eigenvalue weighted by Crippen LogP contribution is 2.11. The maximum atomic E-state index is 10.5. The van der Waals surface area contributed by atoms with E-state index in [1.54, 1.807) is 6.92 Å². The lowest BCUT2D eigenvalue weighted by Gasteiger charge is -2.01. The molecular weight excluding hydrogens is 160 g/mol. The summed E-state index contributed by atoms with van der Waals surface area (Å²) in [5.41, 5.74) is -0.0886. The number of carbonyl (C=O) groups is 2. The van der Waals surface area contributed by atoms with Gasteiger partial charge in [0, 0.05) is 11.1 Å². The molecule has 0 radical (unpaired) electrons. The highest BCUT2D eigenvalue weighted by molar-refractivity contribution is 5.98. The summed E-state index contributed by atoms with van der Waals surface area (Å²) in [6.45, 7) is 3.11. The third-order valence-corrected chi connectivity index (χ3v) is 1.53. The van der Waals surface area contributed by atoms with Gasteiger partial charge in [0.2, 0.25) is 0 Å². The average molecular weight is 172 g/mol. The Balaban J connectivity index is 4.80. The van der Waals surface area contributed by atoms with Crippen LogP contribution in [0.25, 0.3) is 0 Å². The lowest BCUT2D eigenvalue weighted by molar-refractivity contribution is -0.136. The van der Waals surface area contributed by atoms with Gasteiger partial charge in [0.1, 0.15) is 0 Å². The highest BCUT2D eigenvalue weighted by atomic mass is 16.4. The highest BCUT2D eigenvalue weighted by Gasteiger charge is 2.14. The number of carboxylic acids is 2. The number of hydrogen-bond acceptors (Lipinski definition) is 2. The van der Waals surface area contributed by atoms with Gasteiger partial charge >= 0.3 is 11.9 Å². The first kappa shape index (κ1) is 10.7. The zero-order chi connectivity index (χ0) is 9.72. The van der Waals surface area contributed by atoms with Crippen molar-refractivity contribution in [3.05, 3.63) is 11.1 Å². The molecule has 0 aliphatic heterocycles. The van der Waals surface area contributed by atoms with Crippen molar-refractivity contribution >= 4 is 11.9 Å². The van der Waals surface area contributed by atoms with E-state index in [0.717, 1.165) is 0 Å². The van der Waals surface area contributed by atoms with Crippen LogP contribution >= 0.6 is 0 Å². The Morgan fingerprint density at radius 1 is 1.17 bits per heavy atom. The lowest BCUT2D eigenvalue weighted by atomic mass is 10.1. The van der Waals surface area contributed by atoms with Crippen LogP contribution in [0.1, 0.15) is 26.7 Å². The quantitative estimate of drug-likeness (QED) is 0.626. The topological polar surface area (TPSA) is 74.6 Å². The third kappa shape index (κ3) is 2.74. The molecule has 0 aliphatic carbocycles. The van der Waals surface area contributed by atoms with Crippen molar-refractivity contribution in [3.63, 3.8) is 0 Å². The number of hydrogen-bond donors (Lipinski definition) is 2. The van der Waals surface area contributed by atoms with Crippen LogP contribution in [0, 0.1) is 0 Å². The van der Waals surface area contributed by atoms with Crippen LogP contribution in [0.4, 0.5) is 0 Å². The molecule has 0 fully saturated rings. The largest absolute Gasteiger partial charge is 0.478 e. The van der Waals surface area contributed by atoms with E-state index in [9.17, 15) is 9.59 Å². The summed E-state index contributed by atoms with van der Waals surface area (Å²) >= 11 is 0. The van der Waals surface area contributed by atoms with Crippen molar-refractivity contribution < 1.29 is 19.8 Å². The van der Waals surface area contributed by atoms with E-state index < -0.39 is 11.9 Å². The second kappa shape index (κ2) is 4.54. The zero-order valence-electron chi connectivity index (χ0n) is 7.13. The normalized spacial score (nSPS) is 12.2. The molecule has 0 saturated carbocycles. The smallest absolute Gasteiger partial charge is 0.332 e. The molecule has 0 spiro atoms. The molecule has 4 heteroatoms. The molecule has 0 heterocycles. The Labute approximate surface area is 70.5 Å². The summed E-state index contributed by atoms with van der Waals surface area (Å²) in [5.74, 6) is -2.31. The first-order valence-corrected chi connectivity index (χ1v) is 3.67. The molecule has 12 heavy (non-hydrogen) atoms. The number of rotatable bonds is 4. The van der Waals surface area contributed by atoms with Gasteiger partial charge < -0.3 is 10.2 Å². The lowest BCUT2D eigenvalue weighted by Crippen LogP contribution is -2.09. The van der Waals surface area contributed by atoms with Gasteiger partial charge in [0.25, 0.3) is 0 Å². The zero-order valence-corrected chi connectivity index (χ0v) is 7.13. The molecule has 0 aliphatic rings. The van der Waals surface area contributed by atoms with E-state index in [0.29, 0.717) is 12.8 Å². The van der Waals surface area contributed by atoms with Gasteiger partial charge in [-0.25, -0.2) is 9.59 Å². The maximum absolute atomic E-state index is 10.5. The molecule has 0 aromatic heterocycles. The van der Waals surface area contributed by atoms with Crippen molar-refractivity contribution in [2.24, 2.45) is 0 Å². The Bertz CT molecular complexity index is 227. The molecule has 2 N–H and O–H groups in total. The molecule has 0 atom stereocenters. The SMILES string of the molecule is CCC/C(C(=O)O)=C(\C)C(=O)O. The minimum Gasteiger partial charge on any atom is -0.478 e. The van der Waals surface area contributed by atoms with Crippen molar-refractivity contribution in [2.45, 2.75) is 26.7 Å². The van der Waals surface area contributed by atoms with Crippen LogP contribution in [0.5, 0.6) is 0 Å². The Kier molecular flexibility index (Phi) is 4.04. The predicted molar refractivity (Wildman–Crippen MR) is 42.9 cm³/mol. The summed E-state index contributed by atoms with van der Waals surface area (Å²) in [6, 6.07) is 0. The van der Waals surface area contributed by atoms with Crippen molar-refractivity contribution in [1.82, 2.24) is 0 Å². The minimum atomic E-state index is -1.17. The summed E-state index contributed by atoms with van der Waals surface area (Å²) in [4.78, 5) is 20.9. The molecule has 0 aromatic rings. The Morgan fingerprint density at radius 3 is 1.92 bits per heavy atom. The standard InChI is InChI=1S/C8H12O4/c1-3-4-6(8(11)12)5(2)7(9)10/h3-4H2,1-2H3,(H,9,10)(H,11,12)/b6-5-. The maximum Gasteiger partial charge on any atom is 0.332 e. The van der Waals surface area contributed by atoms with Gasteiger partial charge in [0.15, 0.2) is 0 Å². The molecule has 0 bridgehead atoms. The van der Waals surface area contributed by atoms with E-state index in [-0.39, 0.29) is 11.1 Å². The molecular formula is C8H12O4. The van der Waals surface area contributed by atoms with Gasteiger partial charge in [-0.1, -0.05) is 13.3 Å². The molecule has 0 amide bonds. The summed E-state index contributed by atoms with van der Waals surface area (Å²) in [5, 5.41) is 17.1. The fraction of sp³-hybridized carbons (Fsp3) is 0.500. The van der Waals surface area contributed by atoms with E-state index >= 15 is 0 Å². The van der Waals surface area contributed by atoms with E-state index in [1.807, 2.05) is 0 Å². The summed E-state index contributed by atoms with van der Waals surface area (Å²) < 4.78 is 0. The molecule has 0 rings (SSSR count). The molecule has 0 saturated heterocycles. The Hall–Kier alpha value is -1.32. The second-order valence-electron chi connectivity index (χ2n) is 2.46. The fourth-order valence-electron chi connectivity index (χ4n) is 0.834. The van der Waals surface area contributed by atoms with E-state index in [4.69, 9.17) is 10.2 Å². The first-order valence-electron chi connectivity index (χ1n) is 3.67. The van der Waals surface area contributed by atoms with Gasteiger partial charge in [-0.15, -0.1) is 0 Å². The van der Waals surface area contributed by atoms with Crippen molar-refractivity contribution in [2.75, 3.05) is 0 Å². The molecule has 0 unspecified atom stereocenters. The van der Waals surface area contributed by atoms with Crippen molar-refractivity contribution in [3.8, 4) is 0 Å². The van der Waals surface area contributed by atoms with Crippen LogP contribution in [-0.4, -0.2) is 22.2 Å². The monoisotopic (exact) mass is 172 g/mol. The van der Waals surface area contributed by atoms with Gasteiger partial charge in [-0.2, -0.15) is 0 Å². The molecule has 68 valence electrons. The first-order chi connectivity index (χ1) is 5.50. The minimum absolute atomic E-state index is 0.00926.